The molecule has 5 nitrogen and oxygen atoms in total. The molecule has 0 fully saturated rings. The van der Waals surface area contributed by atoms with Crippen LogP contribution in [0.25, 0.3) is 10.9 Å². The smallest absolute Gasteiger partial charge is 0.320 e. The van der Waals surface area contributed by atoms with Crippen molar-refractivity contribution >= 4 is 16.9 Å². The number of para-hydroxylation sites is 1. The number of hydrogen-bond acceptors (Lipinski definition) is 3. The molecular formula is C19H17N3O2. The van der Waals surface area contributed by atoms with E-state index in [4.69, 9.17) is 16.1 Å². The summed E-state index contributed by atoms with van der Waals surface area (Å²) in [4.78, 5) is 11.0. The maximum atomic E-state index is 11.0. The van der Waals surface area contributed by atoms with E-state index in [0.29, 0.717) is 12.1 Å². The van der Waals surface area contributed by atoms with E-state index in [1.165, 1.54) is 0 Å². The molecule has 0 saturated carbocycles. The lowest BCUT2D eigenvalue weighted by Crippen LogP contribution is -2.32. The first-order valence-electron chi connectivity index (χ1n) is 7.62. The molecule has 0 amide bonds. The van der Waals surface area contributed by atoms with E-state index in [2.05, 4.69) is 10.6 Å². The molecular weight excluding hydrogens is 302 g/mol. The highest BCUT2D eigenvalue weighted by atomic mass is 16.4. The van der Waals surface area contributed by atoms with Gasteiger partial charge in [0.05, 0.1) is 11.6 Å². The zero-order valence-corrected chi connectivity index (χ0v) is 13.0. The van der Waals surface area contributed by atoms with Gasteiger partial charge in [-0.2, -0.15) is 5.26 Å². The second-order valence-corrected chi connectivity index (χ2v) is 5.76. The SMILES string of the molecule is N#Cc1ccc(Cn2cc(C[C@H](N)C(=O)O)c3ccccc32)cc1. The molecule has 3 N–H and O–H groups in total. The molecule has 1 aromatic heterocycles. The number of rotatable bonds is 5. The molecule has 5 heteroatoms. The molecule has 0 bridgehead atoms. The number of carboxylic acids is 1. The summed E-state index contributed by atoms with van der Waals surface area (Å²) in [5.74, 6) is -1.00. The zero-order valence-electron chi connectivity index (χ0n) is 13.0. The molecule has 0 radical (unpaired) electrons. The van der Waals surface area contributed by atoms with E-state index in [-0.39, 0.29) is 6.42 Å². The fourth-order valence-electron chi connectivity index (χ4n) is 2.82. The molecule has 0 spiro atoms. The molecule has 3 aromatic rings. The molecule has 0 aliphatic heterocycles. The van der Waals surface area contributed by atoms with Gasteiger partial charge in [0.1, 0.15) is 6.04 Å². The van der Waals surface area contributed by atoms with Crippen molar-refractivity contribution in [2.45, 2.75) is 19.0 Å². The van der Waals surface area contributed by atoms with Gasteiger partial charge in [-0.25, -0.2) is 0 Å². The molecule has 0 aliphatic rings. The summed E-state index contributed by atoms with van der Waals surface area (Å²) in [5, 5.41) is 18.9. The van der Waals surface area contributed by atoms with Crippen molar-refractivity contribution in [1.29, 1.82) is 5.26 Å². The third-order valence-electron chi connectivity index (χ3n) is 4.06. The Kier molecular flexibility index (Phi) is 4.32. The van der Waals surface area contributed by atoms with Gasteiger partial charge in [-0.15, -0.1) is 0 Å². The van der Waals surface area contributed by atoms with Crippen LogP contribution in [-0.4, -0.2) is 21.7 Å². The summed E-state index contributed by atoms with van der Waals surface area (Å²) < 4.78 is 2.08. The van der Waals surface area contributed by atoms with Crippen LogP contribution in [0.15, 0.2) is 54.7 Å². The van der Waals surface area contributed by atoms with Crippen molar-refractivity contribution in [3.63, 3.8) is 0 Å². The third kappa shape index (κ3) is 3.14. The minimum Gasteiger partial charge on any atom is -0.480 e. The Morgan fingerprint density at radius 3 is 2.58 bits per heavy atom. The van der Waals surface area contributed by atoms with Gasteiger partial charge in [0.2, 0.25) is 0 Å². The Balaban J connectivity index is 1.95. The number of hydrogen-bond donors (Lipinski definition) is 2. The van der Waals surface area contributed by atoms with Crippen molar-refractivity contribution in [2.24, 2.45) is 5.73 Å². The molecule has 1 heterocycles. The average molecular weight is 319 g/mol. The highest BCUT2D eigenvalue weighted by Crippen LogP contribution is 2.23. The lowest BCUT2D eigenvalue weighted by molar-refractivity contribution is -0.138. The molecule has 24 heavy (non-hydrogen) atoms. The van der Waals surface area contributed by atoms with Crippen LogP contribution in [0.5, 0.6) is 0 Å². The highest BCUT2D eigenvalue weighted by molar-refractivity contribution is 5.85. The van der Waals surface area contributed by atoms with E-state index in [9.17, 15) is 4.79 Å². The number of nitrogens with two attached hydrogens (primary N) is 1. The summed E-state index contributed by atoms with van der Waals surface area (Å²) in [6, 6.07) is 16.5. The van der Waals surface area contributed by atoms with Gasteiger partial charge in [-0.05, 0) is 29.3 Å². The molecule has 0 aliphatic carbocycles. The maximum Gasteiger partial charge on any atom is 0.320 e. The predicted molar refractivity (Wildman–Crippen MR) is 91.5 cm³/mol. The lowest BCUT2D eigenvalue weighted by Gasteiger charge is -2.06. The van der Waals surface area contributed by atoms with Crippen molar-refractivity contribution in [1.82, 2.24) is 4.57 Å². The Morgan fingerprint density at radius 2 is 1.92 bits per heavy atom. The van der Waals surface area contributed by atoms with Gasteiger partial charge >= 0.3 is 5.97 Å². The second-order valence-electron chi connectivity index (χ2n) is 5.76. The minimum absolute atomic E-state index is 0.288. The summed E-state index contributed by atoms with van der Waals surface area (Å²) in [6.45, 7) is 0.647. The van der Waals surface area contributed by atoms with Crippen molar-refractivity contribution < 1.29 is 9.90 Å². The number of nitrogens with zero attached hydrogens (tertiary/aromatic N) is 2. The predicted octanol–water partition coefficient (Wildman–Crippen LogP) is 2.52. The first-order valence-corrected chi connectivity index (χ1v) is 7.62. The largest absolute Gasteiger partial charge is 0.480 e. The summed E-state index contributed by atoms with van der Waals surface area (Å²) in [6.07, 6.45) is 2.25. The number of fused-ring (bicyclic) bond motifs is 1. The van der Waals surface area contributed by atoms with Gasteiger partial charge in [0.15, 0.2) is 0 Å². The van der Waals surface area contributed by atoms with Gasteiger partial charge in [-0.3, -0.25) is 4.79 Å². The van der Waals surface area contributed by atoms with Crippen LogP contribution in [-0.2, 0) is 17.8 Å². The van der Waals surface area contributed by atoms with Crippen LogP contribution in [0.1, 0.15) is 16.7 Å². The maximum absolute atomic E-state index is 11.0. The van der Waals surface area contributed by atoms with Gasteiger partial charge < -0.3 is 15.4 Å². The van der Waals surface area contributed by atoms with Crippen LogP contribution < -0.4 is 5.73 Å². The number of carboxylic acid groups (broad SMARTS) is 1. The topological polar surface area (TPSA) is 92.0 Å². The summed E-state index contributed by atoms with van der Waals surface area (Å²) in [7, 11) is 0. The Bertz CT molecular complexity index is 920. The van der Waals surface area contributed by atoms with Crippen LogP contribution in [0.3, 0.4) is 0 Å². The van der Waals surface area contributed by atoms with E-state index < -0.39 is 12.0 Å². The quantitative estimate of drug-likeness (QED) is 0.756. The molecule has 3 rings (SSSR count). The Hall–Kier alpha value is -3.10. The molecule has 1 atom stereocenters. The first-order chi connectivity index (χ1) is 11.6. The number of carbonyl (C=O) groups is 1. The van der Waals surface area contributed by atoms with Gasteiger partial charge in [0.25, 0.3) is 0 Å². The number of aliphatic carboxylic acids is 1. The normalized spacial score (nSPS) is 12.0. The number of benzene rings is 2. The lowest BCUT2D eigenvalue weighted by atomic mass is 10.1. The van der Waals surface area contributed by atoms with Crippen LogP contribution in [0.4, 0.5) is 0 Å². The van der Waals surface area contributed by atoms with Crippen molar-refractivity contribution in [3.8, 4) is 6.07 Å². The first kappa shape index (κ1) is 15.8. The molecule has 2 aromatic carbocycles. The number of nitriles is 1. The molecule has 0 unspecified atom stereocenters. The summed E-state index contributed by atoms with van der Waals surface area (Å²) in [5.41, 5.74) is 9.36. The van der Waals surface area contributed by atoms with Crippen LogP contribution in [0.2, 0.25) is 0 Å². The number of aromatic nitrogens is 1. The van der Waals surface area contributed by atoms with E-state index in [1.807, 2.05) is 42.6 Å². The fourth-order valence-corrected chi connectivity index (χ4v) is 2.82. The fraction of sp³-hybridized carbons (Fsp3) is 0.158. The third-order valence-corrected chi connectivity index (χ3v) is 4.06. The molecule has 0 saturated heterocycles. The monoisotopic (exact) mass is 319 g/mol. The van der Waals surface area contributed by atoms with E-state index in [1.54, 1.807) is 12.1 Å². The summed E-state index contributed by atoms with van der Waals surface area (Å²) >= 11 is 0. The highest BCUT2D eigenvalue weighted by Gasteiger charge is 2.16. The van der Waals surface area contributed by atoms with E-state index in [0.717, 1.165) is 22.0 Å². The average Bonchev–Trinajstić information content (AvgIpc) is 2.93. The van der Waals surface area contributed by atoms with Crippen molar-refractivity contribution in [3.05, 3.63) is 71.4 Å². The van der Waals surface area contributed by atoms with Gasteiger partial charge in [0, 0.05) is 30.1 Å². The molecule has 120 valence electrons. The van der Waals surface area contributed by atoms with Crippen LogP contribution in [0, 0.1) is 11.3 Å². The van der Waals surface area contributed by atoms with Crippen LogP contribution >= 0.6 is 0 Å². The van der Waals surface area contributed by atoms with Crippen molar-refractivity contribution in [2.75, 3.05) is 0 Å². The second kappa shape index (κ2) is 6.57. The minimum atomic E-state index is -1.00. The standard InChI is InChI=1S/C19H17N3O2/c20-10-13-5-7-14(8-6-13)11-22-12-15(9-17(21)19(23)24)16-3-1-2-4-18(16)22/h1-8,12,17H,9,11,21H2,(H,23,24)/t17-/m0/s1. The Morgan fingerprint density at radius 1 is 1.21 bits per heavy atom. The van der Waals surface area contributed by atoms with Gasteiger partial charge in [-0.1, -0.05) is 30.3 Å². The Labute approximate surface area is 139 Å². The van der Waals surface area contributed by atoms with E-state index >= 15 is 0 Å². The zero-order chi connectivity index (χ0) is 17.1.